The molecule has 2 rings (SSSR count). The molecule has 0 heterocycles. The zero-order valence-electron chi connectivity index (χ0n) is 20.7. The highest BCUT2D eigenvalue weighted by Crippen LogP contribution is 2.23. The third-order valence-electron chi connectivity index (χ3n) is 5.35. The van der Waals surface area contributed by atoms with Gasteiger partial charge in [-0.3, -0.25) is 0 Å². The molecule has 0 N–H and O–H groups in total. The molecular formula is C27H38N2O4S. The summed E-state index contributed by atoms with van der Waals surface area (Å²) in [6.45, 7) is 12.0. The van der Waals surface area contributed by atoms with Gasteiger partial charge in [-0.05, 0) is 74.2 Å². The second-order valence-electron chi connectivity index (χ2n) is 8.76. The summed E-state index contributed by atoms with van der Waals surface area (Å²) in [5, 5.41) is 8.44. The van der Waals surface area contributed by atoms with Gasteiger partial charge < -0.3 is 9.47 Å². The summed E-state index contributed by atoms with van der Waals surface area (Å²) in [6.07, 6.45) is 4.47. The van der Waals surface area contributed by atoms with E-state index in [1.165, 1.54) is 0 Å². The molecule has 2 aromatic rings. The number of unbranched alkanes of at least 4 members (excludes halogenated alkanes) is 3. The van der Waals surface area contributed by atoms with E-state index in [0.717, 1.165) is 37.0 Å². The van der Waals surface area contributed by atoms with Crippen LogP contribution in [0.5, 0.6) is 5.75 Å². The van der Waals surface area contributed by atoms with Gasteiger partial charge >= 0.3 is 0 Å². The Morgan fingerprint density at radius 2 is 1.53 bits per heavy atom. The van der Waals surface area contributed by atoms with Crippen LogP contribution in [-0.2, 0) is 14.6 Å². The summed E-state index contributed by atoms with van der Waals surface area (Å²) >= 11 is 0. The van der Waals surface area contributed by atoms with Crippen molar-refractivity contribution < 1.29 is 17.9 Å². The predicted octanol–water partition coefficient (Wildman–Crippen LogP) is 7.45. The Bertz CT molecular complexity index is 1000. The van der Waals surface area contributed by atoms with Crippen molar-refractivity contribution in [3.8, 4) is 5.75 Å². The van der Waals surface area contributed by atoms with Crippen LogP contribution in [0, 0.1) is 5.92 Å². The first-order valence-corrected chi connectivity index (χ1v) is 13.6. The molecule has 6 nitrogen and oxygen atoms in total. The number of hydrogen-bond donors (Lipinski definition) is 0. The standard InChI is InChI=1S/C27H38N2O4S/c1-5-23(4)21-33-26-14-10-24(11-15-26)28-29-25-12-16-27(17-13-25)34(30,31)19-9-7-6-8-18-32-20-22(2)3/h10-17,23H,2,5-9,18-21H2,1,3-4H3/b29-28+. The van der Waals surface area contributed by atoms with E-state index in [1.54, 1.807) is 24.3 Å². The van der Waals surface area contributed by atoms with E-state index in [1.807, 2.05) is 31.2 Å². The Labute approximate surface area is 205 Å². The van der Waals surface area contributed by atoms with Crippen molar-refractivity contribution in [2.24, 2.45) is 16.1 Å². The molecule has 0 radical (unpaired) electrons. The van der Waals surface area contributed by atoms with Gasteiger partial charge in [-0.1, -0.05) is 45.3 Å². The lowest BCUT2D eigenvalue weighted by atomic mass is 10.1. The molecular weight excluding hydrogens is 448 g/mol. The van der Waals surface area contributed by atoms with E-state index in [2.05, 4.69) is 30.7 Å². The van der Waals surface area contributed by atoms with Crippen LogP contribution in [0.2, 0.25) is 0 Å². The molecule has 1 unspecified atom stereocenters. The highest BCUT2D eigenvalue weighted by molar-refractivity contribution is 7.91. The third-order valence-corrected chi connectivity index (χ3v) is 7.16. The van der Waals surface area contributed by atoms with E-state index in [0.29, 0.717) is 48.4 Å². The number of sulfone groups is 1. The molecule has 2 aromatic carbocycles. The van der Waals surface area contributed by atoms with Gasteiger partial charge in [-0.2, -0.15) is 10.2 Å². The molecule has 0 amide bonds. The molecule has 0 aliphatic heterocycles. The summed E-state index contributed by atoms with van der Waals surface area (Å²) in [6, 6.07) is 14.0. The van der Waals surface area contributed by atoms with Crippen molar-refractivity contribution in [1.29, 1.82) is 0 Å². The number of azo groups is 1. The maximum Gasteiger partial charge on any atom is 0.178 e. The molecule has 1 atom stereocenters. The molecule has 7 heteroatoms. The first-order valence-electron chi connectivity index (χ1n) is 12.0. The first-order chi connectivity index (χ1) is 16.3. The monoisotopic (exact) mass is 486 g/mol. The average molecular weight is 487 g/mol. The summed E-state index contributed by atoms with van der Waals surface area (Å²) in [7, 11) is -3.30. The summed E-state index contributed by atoms with van der Waals surface area (Å²) in [4.78, 5) is 0.319. The molecule has 0 aliphatic carbocycles. The number of rotatable bonds is 16. The van der Waals surface area contributed by atoms with Crippen LogP contribution in [0.1, 0.15) is 52.9 Å². The lowest BCUT2D eigenvalue weighted by Crippen LogP contribution is -2.06. The number of nitrogens with zero attached hydrogens (tertiary/aromatic N) is 2. The van der Waals surface area contributed by atoms with Crippen LogP contribution < -0.4 is 4.74 Å². The smallest absolute Gasteiger partial charge is 0.178 e. The number of ether oxygens (including phenoxy) is 2. The van der Waals surface area contributed by atoms with Gasteiger partial charge in [-0.15, -0.1) is 0 Å². The van der Waals surface area contributed by atoms with E-state index in [9.17, 15) is 8.42 Å². The summed E-state index contributed by atoms with van der Waals surface area (Å²) in [5.74, 6) is 1.47. The largest absolute Gasteiger partial charge is 0.493 e. The quantitative estimate of drug-likeness (QED) is 0.140. The van der Waals surface area contributed by atoms with E-state index >= 15 is 0 Å². The molecule has 34 heavy (non-hydrogen) atoms. The zero-order valence-corrected chi connectivity index (χ0v) is 21.5. The lowest BCUT2D eigenvalue weighted by Gasteiger charge is -2.10. The van der Waals surface area contributed by atoms with E-state index in [-0.39, 0.29) is 5.75 Å². The normalized spacial score (nSPS) is 12.7. The topological polar surface area (TPSA) is 77.3 Å². The van der Waals surface area contributed by atoms with Crippen molar-refractivity contribution in [3.05, 3.63) is 60.7 Å². The van der Waals surface area contributed by atoms with E-state index in [4.69, 9.17) is 9.47 Å². The fourth-order valence-electron chi connectivity index (χ4n) is 3.01. The third kappa shape index (κ3) is 10.6. The SMILES string of the molecule is C=C(C)COCCCCCCS(=O)(=O)c1ccc(/N=N/c2ccc(OCC(C)CC)cc2)cc1. The average Bonchev–Trinajstić information content (AvgIpc) is 2.83. The predicted molar refractivity (Wildman–Crippen MR) is 138 cm³/mol. The van der Waals surface area contributed by atoms with Gasteiger partial charge in [0.05, 0.1) is 35.2 Å². The molecule has 0 aromatic heterocycles. The van der Waals surface area contributed by atoms with Gasteiger partial charge in [-0.25, -0.2) is 8.42 Å². The highest BCUT2D eigenvalue weighted by Gasteiger charge is 2.13. The van der Waals surface area contributed by atoms with Crippen LogP contribution in [-0.4, -0.2) is 34.0 Å². The summed E-state index contributed by atoms with van der Waals surface area (Å²) in [5.41, 5.74) is 2.32. The van der Waals surface area contributed by atoms with Crippen LogP contribution in [0.3, 0.4) is 0 Å². The van der Waals surface area contributed by atoms with Crippen molar-refractivity contribution >= 4 is 21.2 Å². The maximum atomic E-state index is 12.6. The summed E-state index contributed by atoms with van der Waals surface area (Å²) < 4.78 is 36.4. The van der Waals surface area contributed by atoms with E-state index < -0.39 is 9.84 Å². The first kappa shape index (κ1) is 27.7. The lowest BCUT2D eigenvalue weighted by molar-refractivity contribution is 0.151. The Kier molecular flexibility index (Phi) is 12.0. The number of benzene rings is 2. The Hall–Kier alpha value is -2.51. The van der Waals surface area contributed by atoms with Crippen LogP contribution in [0.15, 0.2) is 75.8 Å². The second kappa shape index (κ2) is 14.7. The van der Waals surface area contributed by atoms with Crippen LogP contribution in [0.4, 0.5) is 11.4 Å². The van der Waals surface area contributed by atoms with Crippen LogP contribution >= 0.6 is 0 Å². The zero-order chi connectivity index (χ0) is 24.8. The Morgan fingerprint density at radius 3 is 2.12 bits per heavy atom. The maximum absolute atomic E-state index is 12.6. The highest BCUT2D eigenvalue weighted by atomic mass is 32.2. The van der Waals surface area contributed by atoms with Crippen LogP contribution in [0.25, 0.3) is 0 Å². The molecule has 0 fully saturated rings. The minimum atomic E-state index is -3.30. The molecule has 0 aliphatic rings. The fourth-order valence-corrected chi connectivity index (χ4v) is 4.39. The van der Waals surface area contributed by atoms with Crippen molar-refractivity contribution in [1.82, 2.24) is 0 Å². The minimum Gasteiger partial charge on any atom is -0.493 e. The van der Waals surface area contributed by atoms with Gasteiger partial charge in [0.15, 0.2) is 9.84 Å². The molecule has 0 saturated carbocycles. The molecule has 186 valence electrons. The molecule has 0 bridgehead atoms. The van der Waals surface area contributed by atoms with Crippen molar-refractivity contribution in [3.63, 3.8) is 0 Å². The number of hydrogen-bond acceptors (Lipinski definition) is 6. The van der Waals surface area contributed by atoms with Crippen molar-refractivity contribution in [2.75, 3.05) is 25.6 Å². The molecule has 0 saturated heterocycles. The Morgan fingerprint density at radius 1 is 0.941 bits per heavy atom. The van der Waals surface area contributed by atoms with Gasteiger partial charge in [0, 0.05) is 6.61 Å². The second-order valence-corrected chi connectivity index (χ2v) is 10.9. The van der Waals surface area contributed by atoms with Gasteiger partial charge in [0.1, 0.15) is 5.75 Å². The fraction of sp³-hybridized carbons (Fsp3) is 0.481. The minimum absolute atomic E-state index is 0.145. The van der Waals surface area contributed by atoms with Gasteiger partial charge in [0.2, 0.25) is 0 Å². The molecule has 0 spiro atoms. The Balaban J connectivity index is 1.77. The van der Waals surface area contributed by atoms with Crippen molar-refractivity contribution in [2.45, 2.75) is 57.8 Å². The van der Waals surface area contributed by atoms with Gasteiger partial charge in [0.25, 0.3) is 0 Å².